The minimum atomic E-state index is -0.344. The maximum atomic E-state index is 11.8. The minimum Gasteiger partial charge on any atom is -0.493 e. The van der Waals surface area contributed by atoms with Gasteiger partial charge in [0, 0.05) is 30.1 Å². The Morgan fingerprint density at radius 3 is 2.52 bits per heavy atom. The molecule has 7 heteroatoms. The molecule has 31 heavy (non-hydrogen) atoms. The van der Waals surface area contributed by atoms with Gasteiger partial charge in [-0.3, -0.25) is 9.78 Å². The number of ether oxygens (including phenoxy) is 2. The number of anilines is 2. The number of methoxy groups -OCH3 is 1. The SMILES string of the molecule is CCc1ccc(CCOc2ccc(CC(=O)OC)c(Nc3c(Cl)cccc3Cl)c2)nc1. The lowest BCUT2D eigenvalue weighted by atomic mass is 10.1. The minimum absolute atomic E-state index is 0.106. The van der Waals surface area contributed by atoms with Crippen molar-refractivity contribution >= 4 is 40.5 Å². The Balaban J connectivity index is 1.76. The van der Waals surface area contributed by atoms with Gasteiger partial charge in [0.2, 0.25) is 0 Å². The molecule has 0 fully saturated rings. The van der Waals surface area contributed by atoms with Crippen LogP contribution in [0.15, 0.2) is 54.7 Å². The Morgan fingerprint density at radius 2 is 1.87 bits per heavy atom. The van der Waals surface area contributed by atoms with Crippen LogP contribution < -0.4 is 10.1 Å². The summed E-state index contributed by atoms with van der Waals surface area (Å²) in [5.74, 6) is 0.313. The second-order valence-electron chi connectivity index (χ2n) is 6.90. The van der Waals surface area contributed by atoms with Gasteiger partial charge in [0.1, 0.15) is 5.75 Å². The molecule has 1 aromatic heterocycles. The highest BCUT2D eigenvalue weighted by Crippen LogP contribution is 2.35. The summed E-state index contributed by atoms with van der Waals surface area (Å²) < 4.78 is 10.7. The average Bonchev–Trinajstić information content (AvgIpc) is 2.78. The maximum absolute atomic E-state index is 11.8. The molecule has 0 aliphatic rings. The van der Waals surface area contributed by atoms with Gasteiger partial charge >= 0.3 is 5.97 Å². The fourth-order valence-corrected chi connectivity index (χ4v) is 3.47. The summed E-state index contributed by atoms with van der Waals surface area (Å²) in [5, 5.41) is 4.19. The molecular formula is C24H24Cl2N2O3. The van der Waals surface area contributed by atoms with Gasteiger partial charge in [-0.25, -0.2) is 0 Å². The number of para-hydroxylation sites is 1. The topological polar surface area (TPSA) is 60.5 Å². The zero-order valence-electron chi connectivity index (χ0n) is 17.5. The largest absolute Gasteiger partial charge is 0.493 e. The highest BCUT2D eigenvalue weighted by Gasteiger charge is 2.13. The van der Waals surface area contributed by atoms with Crippen LogP contribution in [0, 0.1) is 0 Å². The molecule has 0 radical (unpaired) electrons. The number of hydrogen-bond acceptors (Lipinski definition) is 5. The van der Waals surface area contributed by atoms with E-state index in [4.69, 9.17) is 32.7 Å². The van der Waals surface area contributed by atoms with Crippen LogP contribution in [0.25, 0.3) is 0 Å². The summed E-state index contributed by atoms with van der Waals surface area (Å²) in [6, 6.07) is 14.8. The van der Waals surface area contributed by atoms with E-state index in [0.29, 0.717) is 40.2 Å². The summed E-state index contributed by atoms with van der Waals surface area (Å²) in [6.07, 6.45) is 3.65. The van der Waals surface area contributed by atoms with Crippen molar-refractivity contribution in [2.75, 3.05) is 19.0 Å². The number of esters is 1. The van der Waals surface area contributed by atoms with E-state index in [9.17, 15) is 4.79 Å². The van der Waals surface area contributed by atoms with E-state index in [-0.39, 0.29) is 12.4 Å². The first kappa shape index (κ1) is 22.9. The van der Waals surface area contributed by atoms with Crippen LogP contribution in [0.5, 0.6) is 5.75 Å². The monoisotopic (exact) mass is 458 g/mol. The van der Waals surface area contributed by atoms with Crippen LogP contribution in [0.2, 0.25) is 10.0 Å². The van der Waals surface area contributed by atoms with Crippen molar-refractivity contribution in [3.05, 3.63) is 81.6 Å². The quantitative estimate of drug-likeness (QED) is 0.396. The fraction of sp³-hybridized carbons (Fsp3) is 0.250. The number of rotatable bonds is 9. The van der Waals surface area contributed by atoms with Crippen molar-refractivity contribution in [1.29, 1.82) is 0 Å². The van der Waals surface area contributed by atoms with Gasteiger partial charge in [0.25, 0.3) is 0 Å². The molecule has 1 N–H and O–H groups in total. The lowest BCUT2D eigenvalue weighted by molar-refractivity contribution is -0.139. The molecule has 0 spiro atoms. The molecular weight excluding hydrogens is 435 g/mol. The summed E-state index contributed by atoms with van der Waals surface area (Å²) in [7, 11) is 1.36. The van der Waals surface area contributed by atoms with Gasteiger partial charge in [-0.1, -0.05) is 48.3 Å². The molecule has 0 amide bonds. The van der Waals surface area contributed by atoms with E-state index in [1.165, 1.54) is 12.7 Å². The van der Waals surface area contributed by atoms with Gasteiger partial charge in [-0.15, -0.1) is 0 Å². The van der Waals surface area contributed by atoms with Gasteiger partial charge < -0.3 is 14.8 Å². The first-order chi connectivity index (χ1) is 15.0. The zero-order valence-corrected chi connectivity index (χ0v) is 19.0. The molecule has 1 heterocycles. The lowest BCUT2D eigenvalue weighted by Gasteiger charge is -2.16. The Morgan fingerprint density at radius 1 is 1.10 bits per heavy atom. The summed E-state index contributed by atoms with van der Waals surface area (Å²) in [4.78, 5) is 16.3. The third-order valence-electron chi connectivity index (χ3n) is 4.79. The van der Waals surface area contributed by atoms with E-state index in [1.807, 2.05) is 30.5 Å². The van der Waals surface area contributed by atoms with E-state index in [2.05, 4.69) is 23.3 Å². The first-order valence-corrected chi connectivity index (χ1v) is 10.7. The fourth-order valence-electron chi connectivity index (χ4n) is 2.98. The van der Waals surface area contributed by atoms with Crippen molar-refractivity contribution in [2.24, 2.45) is 0 Å². The Hall–Kier alpha value is -2.76. The molecule has 0 atom stereocenters. The molecule has 0 aliphatic heterocycles. The van der Waals surface area contributed by atoms with Crippen LogP contribution in [0.3, 0.4) is 0 Å². The molecule has 3 aromatic rings. The molecule has 0 aliphatic carbocycles. The maximum Gasteiger partial charge on any atom is 0.310 e. The highest BCUT2D eigenvalue weighted by molar-refractivity contribution is 6.39. The van der Waals surface area contributed by atoms with Crippen molar-refractivity contribution in [2.45, 2.75) is 26.2 Å². The summed E-state index contributed by atoms with van der Waals surface area (Å²) in [6.45, 7) is 2.58. The Kier molecular flexibility index (Phi) is 8.15. The van der Waals surface area contributed by atoms with Crippen molar-refractivity contribution in [3.8, 4) is 5.75 Å². The third kappa shape index (κ3) is 6.36. The molecule has 162 valence electrons. The molecule has 0 saturated carbocycles. The second kappa shape index (κ2) is 11.0. The predicted molar refractivity (Wildman–Crippen MR) is 125 cm³/mol. The number of pyridine rings is 1. The molecule has 0 unspecified atom stereocenters. The van der Waals surface area contributed by atoms with Gasteiger partial charge in [0.15, 0.2) is 0 Å². The van der Waals surface area contributed by atoms with E-state index in [1.54, 1.807) is 18.2 Å². The molecule has 0 bridgehead atoms. The number of carbonyl (C=O) groups is 1. The van der Waals surface area contributed by atoms with Crippen molar-refractivity contribution in [3.63, 3.8) is 0 Å². The number of carbonyl (C=O) groups excluding carboxylic acids is 1. The number of aryl methyl sites for hydroxylation is 1. The van der Waals surface area contributed by atoms with Gasteiger partial charge in [-0.2, -0.15) is 0 Å². The van der Waals surface area contributed by atoms with E-state index in [0.717, 1.165) is 17.7 Å². The summed E-state index contributed by atoms with van der Waals surface area (Å²) in [5.41, 5.74) is 4.16. The molecule has 2 aromatic carbocycles. The molecule has 5 nitrogen and oxygen atoms in total. The molecule has 0 saturated heterocycles. The van der Waals surface area contributed by atoms with Crippen molar-refractivity contribution < 1.29 is 14.3 Å². The summed E-state index contributed by atoms with van der Waals surface area (Å²) >= 11 is 12.6. The standard InChI is InChI=1S/C24H24Cl2N2O3/c1-3-16-7-9-18(27-15-16)11-12-31-19-10-8-17(13-23(29)30-2)22(14-19)28-24-20(25)5-4-6-21(24)26/h4-10,14-15,28H,3,11-13H2,1-2H3. The third-order valence-corrected chi connectivity index (χ3v) is 5.42. The number of halogens is 2. The van der Waals surface area contributed by atoms with E-state index < -0.39 is 0 Å². The average molecular weight is 459 g/mol. The van der Waals surface area contributed by atoms with Crippen LogP contribution in [-0.4, -0.2) is 24.7 Å². The van der Waals surface area contributed by atoms with Crippen LogP contribution >= 0.6 is 23.2 Å². The predicted octanol–water partition coefficient (Wildman–Crippen LogP) is 6.03. The smallest absolute Gasteiger partial charge is 0.310 e. The lowest BCUT2D eigenvalue weighted by Crippen LogP contribution is -2.08. The first-order valence-electron chi connectivity index (χ1n) is 9.97. The van der Waals surface area contributed by atoms with Crippen LogP contribution in [-0.2, 0) is 28.8 Å². The van der Waals surface area contributed by atoms with Crippen LogP contribution in [0.1, 0.15) is 23.7 Å². The highest BCUT2D eigenvalue weighted by atomic mass is 35.5. The normalized spacial score (nSPS) is 10.6. The Labute approximate surface area is 192 Å². The molecule has 3 rings (SSSR count). The van der Waals surface area contributed by atoms with Gasteiger partial charge in [0.05, 0.1) is 35.9 Å². The van der Waals surface area contributed by atoms with Crippen LogP contribution in [0.4, 0.5) is 11.4 Å². The zero-order chi connectivity index (χ0) is 22.2. The number of nitrogens with zero attached hydrogens (tertiary/aromatic N) is 1. The number of benzene rings is 2. The Bertz CT molecular complexity index is 1020. The second-order valence-corrected chi connectivity index (χ2v) is 7.72. The number of aromatic nitrogens is 1. The number of hydrogen-bond donors (Lipinski definition) is 1. The van der Waals surface area contributed by atoms with Crippen molar-refractivity contribution in [1.82, 2.24) is 4.98 Å². The number of nitrogens with one attached hydrogen (secondary N) is 1. The van der Waals surface area contributed by atoms with Gasteiger partial charge in [-0.05, 0) is 41.8 Å². The van der Waals surface area contributed by atoms with E-state index >= 15 is 0 Å².